The minimum Gasteiger partial charge on any atom is -0.298 e. The van der Waals surface area contributed by atoms with Gasteiger partial charge < -0.3 is 0 Å². The van der Waals surface area contributed by atoms with E-state index in [2.05, 4.69) is 37.5 Å². The van der Waals surface area contributed by atoms with Gasteiger partial charge >= 0.3 is 6.18 Å². The number of carbonyl (C=O) groups excluding carboxylic acids is 1. The molecule has 1 nitrogen and oxygen atoms in total. The summed E-state index contributed by atoms with van der Waals surface area (Å²) >= 11 is 0. The van der Waals surface area contributed by atoms with E-state index in [9.17, 15) is 18.0 Å². The van der Waals surface area contributed by atoms with Crippen LogP contribution in [0.25, 0.3) is 0 Å². The second kappa shape index (κ2) is 7.32. The van der Waals surface area contributed by atoms with E-state index < -0.39 is 31.8 Å². The van der Waals surface area contributed by atoms with Crippen molar-refractivity contribution in [3.05, 3.63) is 35.4 Å². The molecule has 1 aromatic rings. The van der Waals surface area contributed by atoms with Gasteiger partial charge in [-0.15, -0.1) is 0 Å². The van der Waals surface area contributed by atoms with Gasteiger partial charge in [0.1, 0.15) is 5.78 Å². The van der Waals surface area contributed by atoms with Gasteiger partial charge in [-0.05, 0) is 56.1 Å². The molecule has 1 aromatic carbocycles. The Morgan fingerprint density at radius 2 is 1.58 bits per heavy atom. The van der Waals surface area contributed by atoms with E-state index in [0.717, 1.165) is 6.07 Å². The standard InChI is InChI=1S/C18H29F3OS2/c1-13(23(2,3)4)16(22)12-17(24(5,6)7)14-9-8-10-15(11-14)18(19,20)21/h8-11,13,17H,12H2,1-7H3. The lowest BCUT2D eigenvalue weighted by molar-refractivity contribution is -0.137. The number of hydrogen-bond acceptors (Lipinski definition) is 1. The maximum Gasteiger partial charge on any atom is 0.416 e. The monoisotopic (exact) mass is 382 g/mol. The maximum absolute atomic E-state index is 13.0. The van der Waals surface area contributed by atoms with Gasteiger partial charge in [0.15, 0.2) is 0 Å². The molecule has 2 unspecified atom stereocenters. The first-order chi connectivity index (χ1) is 10.6. The second-order valence-electron chi connectivity index (χ2n) is 7.79. The van der Waals surface area contributed by atoms with Gasteiger partial charge in [-0.25, -0.2) is 20.1 Å². The number of alkyl halides is 3. The normalized spacial score (nSPS) is 17.2. The third-order valence-corrected chi connectivity index (χ3v) is 8.87. The molecule has 0 radical (unpaired) electrons. The van der Waals surface area contributed by atoms with E-state index in [1.165, 1.54) is 12.1 Å². The summed E-state index contributed by atoms with van der Waals surface area (Å²) in [6, 6.07) is 5.46. The summed E-state index contributed by atoms with van der Waals surface area (Å²) in [4.78, 5) is 12.7. The molecular weight excluding hydrogens is 353 g/mol. The fourth-order valence-electron chi connectivity index (χ4n) is 2.43. The van der Waals surface area contributed by atoms with E-state index in [4.69, 9.17) is 0 Å². The van der Waals surface area contributed by atoms with E-state index in [0.29, 0.717) is 12.0 Å². The summed E-state index contributed by atoms with van der Waals surface area (Å²) in [6.07, 6.45) is 8.40. The summed E-state index contributed by atoms with van der Waals surface area (Å²) in [5.74, 6) is 0.155. The summed E-state index contributed by atoms with van der Waals surface area (Å²) in [6.45, 7) is 1.94. The summed E-state index contributed by atoms with van der Waals surface area (Å²) in [5, 5.41) is -0.205. The zero-order valence-electron chi connectivity index (χ0n) is 15.5. The largest absolute Gasteiger partial charge is 0.416 e. The summed E-state index contributed by atoms with van der Waals surface area (Å²) < 4.78 is 39.1. The van der Waals surface area contributed by atoms with Crippen molar-refractivity contribution in [1.29, 1.82) is 0 Å². The number of Topliss-reactive ketones (excluding diaryl/α,β-unsaturated/α-hetero) is 1. The van der Waals surface area contributed by atoms with Gasteiger partial charge in [-0.2, -0.15) is 13.2 Å². The van der Waals surface area contributed by atoms with Crippen LogP contribution in [0.1, 0.15) is 29.7 Å². The number of rotatable bonds is 6. The molecule has 24 heavy (non-hydrogen) atoms. The van der Waals surface area contributed by atoms with Crippen LogP contribution >= 0.6 is 20.1 Å². The van der Waals surface area contributed by atoms with Crippen LogP contribution in [-0.2, 0) is 11.0 Å². The molecule has 0 aliphatic carbocycles. The fourth-order valence-corrected chi connectivity index (χ4v) is 4.95. The molecule has 0 aliphatic heterocycles. The Balaban J connectivity index is 3.19. The van der Waals surface area contributed by atoms with Gasteiger partial charge in [0.25, 0.3) is 0 Å². The highest BCUT2D eigenvalue weighted by Crippen LogP contribution is 2.54. The second-order valence-corrected chi connectivity index (χ2v) is 16.8. The number of carbonyl (C=O) groups is 1. The van der Waals surface area contributed by atoms with Gasteiger partial charge in [-0.1, -0.05) is 18.2 Å². The van der Waals surface area contributed by atoms with Crippen LogP contribution < -0.4 is 0 Å². The first-order valence-corrected chi connectivity index (χ1v) is 13.5. The van der Waals surface area contributed by atoms with Crippen molar-refractivity contribution in [3.63, 3.8) is 0 Å². The van der Waals surface area contributed by atoms with Crippen LogP contribution in [0.2, 0.25) is 0 Å². The molecular formula is C18H29F3OS2. The van der Waals surface area contributed by atoms with Gasteiger partial charge in [0, 0.05) is 16.9 Å². The molecule has 0 fully saturated rings. The Morgan fingerprint density at radius 3 is 2.00 bits per heavy atom. The van der Waals surface area contributed by atoms with Gasteiger partial charge in [0.2, 0.25) is 0 Å². The molecule has 0 amide bonds. The van der Waals surface area contributed by atoms with Crippen molar-refractivity contribution in [2.75, 3.05) is 37.5 Å². The zero-order chi connectivity index (χ0) is 18.9. The minimum absolute atomic E-state index is 0.0486. The highest BCUT2D eigenvalue weighted by molar-refractivity contribution is 8.33. The summed E-state index contributed by atoms with van der Waals surface area (Å²) in [7, 11) is -2.26. The molecule has 0 saturated heterocycles. The topological polar surface area (TPSA) is 17.1 Å². The first kappa shape index (κ1) is 21.4. The Morgan fingerprint density at radius 1 is 1.04 bits per heavy atom. The minimum atomic E-state index is -4.36. The Labute approximate surface area is 147 Å². The maximum atomic E-state index is 13.0. The van der Waals surface area contributed by atoms with Gasteiger partial charge in [-0.3, -0.25) is 4.79 Å². The lowest BCUT2D eigenvalue weighted by atomic mass is 10.0. The van der Waals surface area contributed by atoms with Crippen LogP contribution in [0.15, 0.2) is 24.3 Å². The highest BCUT2D eigenvalue weighted by Gasteiger charge is 2.33. The highest BCUT2D eigenvalue weighted by atomic mass is 32.3. The smallest absolute Gasteiger partial charge is 0.298 e. The van der Waals surface area contributed by atoms with E-state index in [-0.39, 0.29) is 16.3 Å². The average molecular weight is 383 g/mol. The molecule has 0 aliphatic rings. The molecule has 0 spiro atoms. The molecule has 6 heteroatoms. The van der Waals surface area contributed by atoms with Crippen molar-refractivity contribution < 1.29 is 18.0 Å². The number of hydrogen-bond donors (Lipinski definition) is 0. The quantitative estimate of drug-likeness (QED) is 0.636. The predicted molar refractivity (Wildman–Crippen MR) is 104 cm³/mol. The number of ketones is 1. The van der Waals surface area contributed by atoms with Crippen molar-refractivity contribution in [3.8, 4) is 0 Å². The van der Waals surface area contributed by atoms with Crippen LogP contribution in [0.3, 0.4) is 0 Å². The molecule has 1 rings (SSSR count). The molecule has 0 aromatic heterocycles. The van der Waals surface area contributed by atoms with Crippen molar-refractivity contribution in [2.24, 2.45) is 0 Å². The SMILES string of the molecule is CC(C(=O)CC(c1cccc(C(F)(F)F)c1)S(C)(C)C)S(C)(C)C. The molecule has 2 atom stereocenters. The van der Waals surface area contributed by atoms with Gasteiger partial charge in [0.05, 0.1) is 5.56 Å². The van der Waals surface area contributed by atoms with E-state index >= 15 is 0 Å². The zero-order valence-corrected chi connectivity index (χ0v) is 17.2. The van der Waals surface area contributed by atoms with Crippen molar-refractivity contribution in [1.82, 2.24) is 0 Å². The summed E-state index contributed by atoms with van der Waals surface area (Å²) in [5.41, 5.74) is -0.0209. The lowest BCUT2D eigenvalue weighted by Gasteiger charge is -2.39. The van der Waals surface area contributed by atoms with Crippen molar-refractivity contribution >= 4 is 25.8 Å². The first-order valence-electron chi connectivity index (χ1n) is 7.68. The Hall–Kier alpha value is -0.620. The number of halogens is 3. The molecule has 0 heterocycles. The molecule has 140 valence electrons. The van der Waals surface area contributed by atoms with Crippen LogP contribution in [0.5, 0.6) is 0 Å². The third-order valence-electron chi connectivity index (χ3n) is 4.34. The predicted octanol–water partition coefficient (Wildman–Crippen LogP) is 5.48. The lowest BCUT2D eigenvalue weighted by Crippen LogP contribution is -2.25. The Kier molecular flexibility index (Phi) is 6.54. The molecule has 0 saturated carbocycles. The van der Waals surface area contributed by atoms with E-state index in [1.54, 1.807) is 6.07 Å². The van der Waals surface area contributed by atoms with Crippen LogP contribution in [-0.4, -0.2) is 48.6 Å². The molecule has 0 bridgehead atoms. The number of benzene rings is 1. The molecule has 0 N–H and O–H groups in total. The average Bonchev–Trinajstić information content (AvgIpc) is 2.40. The Bertz CT molecular complexity index is 583. The van der Waals surface area contributed by atoms with E-state index in [1.807, 2.05) is 6.92 Å². The van der Waals surface area contributed by atoms with Crippen LogP contribution in [0.4, 0.5) is 13.2 Å². The van der Waals surface area contributed by atoms with Crippen LogP contribution in [0, 0.1) is 0 Å². The van der Waals surface area contributed by atoms with Crippen molar-refractivity contribution in [2.45, 2.75) is 30.0 Å². The third kappa shape index (κ3) is 5.73. The fraction of sp³-hybridized carbons (Fsp3) is 0.611.